The monoisotopic (exact) mass is 195 g/mol. The van der Waals surface area contributed by atoms with E-state index in [1.54, 1.807) is 6.92 Å². The quantitative estimate of drug-likeness (QED) is 0.661. The van der Waals surface area contributed by atoms with Crippen LogP contribution in [0, 0.1) is 22.7 Å². The number of nitrogens with zero attached hydrogens (tertiary/aromatic N) is 3. The summed E-state index contributed by atoms with van der Waals surface area (Å²) in [6.45, 7) is 2.65. The first-order valence-corrected chi connectivity index (χ1v) is 4.41. The summed E-state index contributed by atoms with van der Waals surface area (Å²) in [6.07, 6.45) is 0.0482. The normalized spacial score (nSPS) is 8.50. The van der Waals surface area contributed by atoms with E-state index in [4.69, 9.17) is 15.3 Å². The van der Waals surface area contributed by atoms with Crippen LogP contribution >= 0.6 is 0 Å². The van der Waals surface area contributed by atoms with Gasteiger partial charge in [-0.3, -0.25) is 0 Å². The summed E-state index contributed by atoms with van der Waals surface area (Å²) in [7, 11) is 0. The Kier molecular flexibility index (Phi) is 6.89. The van der Waals surface area contributed by atoms with Gasteiger partial charge in [0.25, 0.3) is 0 Å². The Hall–Kier alpha value is -1.75. The van der Waals surface area contributed by atoms with Crippen molar-refractivity contribution in [2.24, 2.45) is 0 Å². The van der Waals surface area contributed by atoms with E-state index >= 15 is 0 Å². The van der Waals surface area contributed by atoms with E-state index in [1.807, 2.05) is 12.1 Å². The minimum Gasteiger partial charge on any atom is -0.450 e. The molecule has 0 aromatic heterocycles. The van der Waals surface area contributed by atoms with Crippen LogP contribution < -0.4 is 0 Å². The van der Waals surface area contributed by atoms with Gasteiger partial charge in [0.05, 0.1) is 31.6 Å². The molecule has 5 nitrogen and oxygen atoms in total. The van der Waals surface area contributed by atoms with E-state index in [-0.39, 0.29) is 12.8 Å². The topological polar surface area (TPSA) is 77.1 Å². The first kappa shape index (κ1) is 12.2. The summed E-state index contributed by atoms with van der Waals surface area (Å²) in [5, 5.41) is 16.7. The Morgan fingerprint density at radius 1 is 1.29 bits per heavy atom. The maximum absolute atomic E-state index is 11.2. The van der Waals surface area contributed by atoms with Crippen molar-refractivity contribution in [2.45, 2.75) is 19.8 Å². The minimum absolute atomic E-state index is 0.254. The van der Waals surface area contributed by atoms with Crippen LogP contribution in [-0.2, 0) is 4.74 Å². The molecule has 0 unspecified atom stereocenters. The van der Waals surface area contributed by atoms with Crippen LogP contribution in [0.25, 0.3) is 0 Å². The Balaban J connectivity index is 4.03. The number of ether oxygens (including phenoxy) is 1. The first-order chi connectivity index (χ1) is 6.76. The van der Waals surface area contributed by atoms with E-state index in [0.29, 0.717) is 19.7 Å². The summed E-state index contributed by atoms with van der Waals surface area (Å²) in [4.78, 5) is 12.6. The lowest BCUT2D eigenvalue weighted by Gasteiger charge is -2.18. The van der Waals surface area contributed by atoms with Gasteiger partial charge >= 0.3 is 6.09 Å². The van der Waals surface area contributed by atoms with Gasteiger partial charge in [-0.25, -0.2) is 4.79 Å². The van der Waals surface area contributed by atoms with Crippen molar-refractivity contribution in [3.8, 4) is 12.1 Å². The van der Waals surface area contributed by atoms with Gasteiger partial charge in [0.15, 0.2) is 0 Å². The molecule has 0 saturated carbocycles. The van der Waals surface area contributed by atoms with Crippen molar-refractivity contribution < 1.29 is 9.53 Å². The van der Waals surface area contributed by atoms with Crippen molar-refractivity contribution in [1.29, 1.82) is 10.5 Å². The fraction of sp³-hybridized carbons (Fsp3) is 0.667. The molecular formula is C9H13N3O2. The number of hydrogen-bond donors (Lipinski definition) is 0. The summed E-state index contributed by atoms with van der Waals surface area (Å²) in [5.74, 6) is 0. The molecule has 5 heteroatoms. The number of carbonyl (C=O) groups excluding carboxylic acids is 1. The van der Waals surface area contributed by atoms with E-state index < -0.39 is 6.09 Å². The molecule has 0 heterocycles. The smallest absolute Gasteiger partial charge is 0.409 e. The SMILES string of the molecule is CCOC(=O)N(CCC#N)CCC#N. The minimum atomic E-state index is -0.460. The van der Waals surface area contributed by atoms with Gasteiger partial charge in [-0.05, 0) is 6.92 Å². The highest BCUT2D eigenvalue weighted by molar-refractivity contribution is 5.67. The predicted octanol–water partition coefficient (Wildman–Crippen LogP) is 1.27. The van der Waals surface area contributed by atoms with Crippen LogP contribution in [0.5, 0.6) is 0 Å². The second-order valence-corrected chi connectivity index (χ2v) is 2.50. The van der Waals surface area contributed by atoms with Crippen molar-refractivity contribution >= 4 is 6.09 Å². The van der Waals surface area contributed by atoms with Crippen LogP contribution in [-0.4, -0.2) is 30.7 Å². The van der Waals surface area contributed by atoms with Crippen LogP contribution in [0.1, 0.15) is 19.8 Å². The second kappa shape index (κ2) is 7.88. The maximum atomic E-state index is 11.2. The Morgan fingerprint density at radius 3 is 2.14 bits per heavy atom. The Morgan fingerprint density at radius 2 is 1.79 bits per heavy atom. The van der Waals surface area contributed by atoms with Crippen LogP contribution in [0.4, 0.5) is 4.79 Å². The van der Waals surface area contributed by atoms with Crippen molar-refractivity contribution in [2.75, 3.05) is 19.7 Å². The molecule has 0 bridgehead atoms. The molecule has 0 spiro atoms. The fourth-order valence-corrected chi connectivity index (χ4v) is 0.879. The predicted molar refractivity (Wildman–Crippen MR) is 49.1 cm³/mol. The number of carbonyl (C=O) groups is 1. The Labute approximate surface area is 83.5 Å². The summed E-state index contributed by atoms with van der Waals surface area (Å²) in [5.41, 5.74) is 0. The second-order valence-electron chi connectivity index (χ2n) is 2.50. The number of amides is 1. The van der Waals surface area contributed by atoms with Gasteiger partial charge in [0.2, 0.25) is 0 Å². The highest BCUT2D eigenvalue weighted by atomic mass is 16.6. The first-order valence-electron chi connectivity index (χ1n) is 4.41. The van der Waals surface area contributed by atoms with Crippen molar-refractivity contribution in [3.63, 3.8) is 0 Å². The van der Waals surface area contributed by atoms with Gasteiger partial charge < -0.3 is 9.64 Å². The zero-order valence-corrected chi connectivity index (χ0v) is 8.19. The van der Waals surface area contributed by atoms with Crippen LogP contribution in [0.2, 0.25) is 0 Å². The third kappa shape index (κ3) is 5.00. The zero-order valence-electron chi connectivity index (χ0n) is 8.19. The van der Waals surface area contributed by atoms with E-state index in [1.165, 1.54) is 4.90 Å². The Bertz CT molecular complexity index is 234. The molecule has 0 radical (unpaired) electrons. The summed E-state index contributed by atoms with van der Waals surface area (Å²) >= 11 is 0. The molecule has 0 atom stereocenters. The molecule has 0 aliphatic heterocycles. The third-order valence-corrected chi connectivity index (χ3v) is 1.51. The van der Waals surface area contributed by atoms with Gasteiger partial charge in [-0.2, -0.15) is 10.5 Å². The third-order valence-electron chi connectivity index (χ3n) is 1.51. The average molecular weight is 195 g/mol. The lowest BCUT2D eigenvalue weighted by molar-refractivity contribution is 0.109. The molecule has 0 aromatic rings. The maximum Gasteiger partial charge on any atom is 0.409 e. The summed E-state index contributed by atoms with van der Waals surface area (Å²) in [6, 6.07) is 3.88. The highest BCUT2D eigenvalue weighted by Gasteiger charge is 2.12. The van der Waals surface area contributed by atoms with Crippen LogP contribution in [0.3, 0.4) is 0 Å². The molecule has 0 aliphatic carbocycles. The van der Waals surface area contributed by atoms with E-state index in [9.17, 15) is 4.79 Å². The molecule has 1 amide bonds. The van der Waals surface area contributed by atoms with Gasteiger partial charge in [0.1, 0.15) is 0 Å². The standard InChI is InChI=1S/C9H13N3O2/c1-2-14-9(13)12(7-3-5-10)8-4-6-11/h2-4,7-8H2,1H3. The molecule has 0 aliphatic rings. The number of rotatable bonds is 5. The largest absolute Gasteiger partial charge is 0.450 e. The fourth-order valence-electron chi connectivity index (χ4n) is 0.879. The van der Waals surface area contributed by atoms with Gasteiger partial charge in [-0.1, -0.05) is 0 Å². The zero-order chi connectivity index (χ0) is 10.8. The van der Waals surface area contributed by atoms with Gasteiger partial charge in [-0.15, -0.1) is 0 Å². The molecule has 76 valence electrons. The molecule has 0 fully saturated rings. The molecule has 0 aromatic carbocycles. The average Bonchev–Trinajstić information content (AvgIpc) is 2.18. The molecular weight excluding hydrogens is 182 g/mol. The van der Waals surface area contributed by atoms with E-state index in [0.717, 1.165) is 0 Å². The lowest BCUT2D eigenvalue weighted by Crippen LogP contribution is -2.33. The number of nitriles is 2. The number of hydrogen-bond acceptors (Lipinski definition) is 4. The van der Waals surface area contributed by atoms with Crippen LogP contribution in [0.15, 0.2) is 0 Å². The molecule has 14 heavy (non-hydrogen) atoms. The molecule has 0 N–H and O–H groups in total. The van der Waals surface area contributed by atoms with Crippen molar-refractivity contribution in [1.82, 2.24) is 4.90 Å². The van der Waals surface area contributed by atoms with Crippen molar-refractivity contribution in [3.05, 3.63) is 0 Å². The lowest BCUT2D eigenvalue weighted by atomic mass is 10.4. The molecule has 0 saturated heterocycles. The molecule has 0 rings (SSSR count). The highest BCUT2D eigenvalue weighted by Crippen LogP contribution is 1.97. The summed E-state index contributed by atoms with van der Waals surface area (Å²) < 4.78 is 4.77. The van der Waals surface area contributed by atoms with E-state index in [2.05, 4.69) is 0 Å². The van der Waals surface area contributed by atoms with Gasteiger partial charge in [0, 0.05) is 13.1 Å².